The highest BCUT2D eigenvalue weighted by Gasteiger charge is 2.16. The summed E-state index contributed by atoms with van der Waals surface area (Å²) >= 11 is 0. The minimum Gasteiger partial charge on any atom is -0.355 e. The fraction of sp³-hybridized carbons (Fsp3) is 0.538. The van der Waals surface area contributed by atoms with Gasteiger partial charge in [0, 0.05) is 53.3 Å². The van der Waals surface area contributed by atoms with Crippen molar-refractivity contribution >= 4 is 17.6 Å². The third kappa shape index (κ3) is 11.1. The van der Waals surface area contributed by atoms with Crippen LogP contribution in [0.4, 0.5) is 5.82 Å². The molecule has 0 unspecified atom stereocenters. The number of aryl methyl sites for hydroxylation is 1. The van der Waals surface area contributed by atoms with Crippen LogP contribution in [-0.4, -0.2) is 85.4 Å². The highest BCUT2D eigenvalue weighted by molar-refractivity contribution is 5.91. The zero-order valence-electron chi connectivity index (χ0n) is 21.3. The predicted octanol–water partition coefficient (Wildman–Crippen LogP) is 2.65. The van der Waals surface area contributed by atoms with Gasteiger partial charge in [0.15, 0.2) is 0 Å². The summed E-state index contributed by atoms with van der Waals surface area (Å²) in [5.41, 5.74) is 0.865. The molecule has 0 atom stereocenters. The lowest BCUT2D eigenvalue weighted by atomic mass is 10.1. The zero-order valence-corrected chi connectivity index (χ0v) is 21.3. The lowest BCUT2D eigenvalue weighted by molar-refractivity contribution is -0.131. The van der Waals surface area contributed by atoms with Gasteiger partial charge >= 0.3 is 0 Å². The Balaban J connectivity index is 0.00000375. The summed E-state index contributed by atoms with van der Waals surface area (Å²) < 4.78 is 0. The number of nitrogens with zero attached hydrogens (tertiary/aromatic N) is 5. The topological polar surface area (TPSA) is 81.7 Å². The molecule has 1 aromatic heterocycles. The van der Waals surface area contributed by atoms with Crippen molar-refractivity contribution in [3.8, 4) is 11.8 Å². The Morgan fingerprint density at radius 3 is 2.62 bits per heavy atom. The van der Waals surface area contributed by atoms with Crippen LogP contribution in [0.3, 0.4) is 0 Å². The summed E-state index contributed by atoms with van der Waals surface area (Å²) in [6.45, 7) is 11.2. The van der Waals surface area contributed by atoms with E-state index >= 15 is 0 Å². The number of carbonyl (C=O) groups excluding carboxylic acids is 2. The van der Waals surface area contributed by atoms with Crippen LogP contribution in [0.1, 0.15) is 44.9 Å². The van der Waals surface area contributed by atoms with Crippen LogP contribution >= 0.6 is 0 Å². The quantitative estimate of drug-likeness (QED) is 0.259. The summed E-state index contributed by atoms with van der Waals surface area (Å²) in [5, 5.41) is 2.85. The molecule has 0 aromatic carbocycles. The minimum atomic E-state index is -0.183. The van der Waals surface area contributed by atoms with Gasteiger partial charge in [-0.25, -0.2) is 9.97 Å². The number of carbonyl (C=O) groups is 2. The number of hydrogen-bond donors (Lipinski definition) is 1. The average Bonchev–Trinajstić information content (AvgIpc) is 2.83. The molecule has 0 aliphatic carbocycles. The van der Waals surface area contributed by atoms with Crippen LogP contribution in [-0.2, 0) is 9.59 Å². The largest absolute Gasteiger partial charge is 0.355 e. The number of rotatable bonds is 9. The van der Waals surface area contributed by atoms with E-state index in [0.717, 1.165) is 36.7 Å². The first-order chi connectivity index (χ1) is 16.4. The molecule has 1 aliphatic rings. The molecule has 2 rings (SSSR count). The number of aromatic nitrogens is 2. The zero-order chi connectivity index (χ0) is 25.3. The fourth-order valence-electron chi connectivity index (χ4n) is 3.30. The van der Waals surface area contributed by atoms with E-state index in [9.17, 15) is 9.59 Å². The summed E-state index contributed by atoms with van der Waals surface area (Å²) in [6, 6.07) is 0. The minimum absolute atomic E-state index is 0. The Kier molecular flexibility index (Phi) is 13.9. The van der Waals surface area contributed by atoms with E-state index in [1.807, 2.05) is 25.9 Å². The molecule has 8 nitrogen and oxygen atoms in total. The monoisotopic (exact) mass is 470 g/mol. The fourth-order valence-corrected chi connectivity index (χ4v) is 3.30. The van der Waals surface area contributed by atoms with E-state index in [0.29, 0.717) is 19.5 Å². The van der Waals surface area contributed by atoms with Gasteiger partial charge in [0.05, 0.1) is 12.1 Å². The third-order valence-corrected chi connectivity index (χ3v) is 5.06. The number of anilines is 1. The Hall–Kier alpha value is -3.18. The van der Waals surface area contributed by atoms with Gasteiger partial charge in [-0.15, -0.1) is 13.2 Å². The van der Waals surface area contributed by atoms with Crippen molar-refractivity contribution in [2.45, 2.75) is 39.0 Å². The molecule has 1 saturated heterocycles. The number of hydrogen-bond acceptors (Lipinski definition) is 6. The molecule has 1 aliphatic heterocycles. The second-order valence-electron chi connectivity index (χ2n) is 8.32. The van der Waals surface area contributed by atoms with Gasteiger partial charge in [0.2, 0.25) is 11.8 Å². The van der Waals surface area contributed by atoms with Crippen molar-refractivity contribution in [2.75, 3.05) is 58.8 Å². The number of piperidine rings is 1. The van der Waals surface area contributed by atoms with Gasteiger partial charge in [-0.05, 0) is 46.7 Å². The maximum absolute atomic E-state index is 12.1. The molecule has 2 heterocycles. The first-order valence-electron chi connectivity index (χ1n) is 11.8. The van der Waals surface area contributed by atoms with E-state index in [2.05, 4.69) is 45.2 Å². The van der Waals surface area contributed by atoms with Crippen LogP contribution in [0.15, 0.2) is 31.5 Å². The van der Waals surface area contributed by atoms with E-state index in [1.54, 1.807) is 19.3 Å². The van der Waals surface area contributed by atoms with Crippen molar-refractivity contribution in [3.05, 3.63) is 42.9 Å². The second-order valence-corrected chi connectivity index (χ2v) is 8.32. The van der Waals surface area contributed by atoms with E-state index in [-0.39, 0.29) is 19.8 Å². The number of unbranched alkanes of at least 4 members (excludes halogenated alkanes) is 1. The van der Waals surface area contributed by atoms with Gasteiger partial charge in [0.25, 0.3) is 0 Å². The first-order valence-corrected chi connectivity index (χ1v) is 11.8. The van der Waals surface area contributed by atoms with Crippen molar-refractivity contribution in [1.29, 1.82) is 0 Å². The molecule has 8 heteroatoms. The standard InChI is InChI=1S/C24H36N6O2.C2H4.H2/c1-20-26-18-21(24(27-20)30-16-9-6-10-17-30)12-7-5-8-14-25-22(31)19-29(4)23(32)13-11-15-28(2)3;1-2;/h11,13,18H,5-6,8-10,14-17,19H2,1-4H3,(H,25,31);1-2H2;1H/b13-11+;;. The Bertz CT molecular complexity index is 872. The third-order valence-electron chi connectivity index (χ3n) is 5.06. The molecule has 1 aromatic rings. The summed E-state index contributed by atoms with van der Waals surface area (Å²) in [5.74, 6) is 7.73. The maximum atomic E-state index is 12.1. The smallest absolute Gasteiger partial charge is 0.246 e. The van der Waals surface area contributed by atoms with Crippen molar-refractivity contribution in [2.24, 2.45) is 0 Å². The van der Waals surface area contributed by atoms with E-state index in [1.165, 1.54) is 30.2 Å². The van der Waals surface area contributed by atoms with Gasteiger partial charge in [-0.1, -0.05) is 17.9 Å². The summed E-state index contributed by atoms with van der Waals surface area (Å²) in [4.78, 5) is 38.6. The Morgan fingerprint density at radius 1 is 1.24 bits per heavy atom. The van der Waals surface area contributed by atoms with Gasteiger partial charge in [0.1, 0.15) is 11.6 Å². The van der Waals surface area contributed by atoms with Gasteiger partial charge < -0.3 is 20.0 Å². The lowest BCUT2D eigenvalue weighted by Crippen LogP contribution is -2.38. The van der Waals surface area contributed by atoms with Gasteiger partial charge in [-0.2, -0.15) is 0 Å². The Labute approximate surface area is 206 Å². The van der Waals surface area contributed by atoms with Crippen LogP contribution in [0.25, 0.3) is 0 Å². The van der Waals surface area contributed by atoms with E-state index < -0.39 is 0 Å². The van der Waals surface area contributed by atoms with Crippen molar-refractivity contribution < 1.29 is 11.0 Å². The Morgan fingerprint density at radius 2 is 1.94 bits per heavy atom. The molecule has 0 spiro atoms. The maximum Gasteiger partial charge on any atom is 0.246 e. The molecule has 1 N–H and O–H groups in total. The summed E-state index contributed by atoms with van der Waals surface area (Å²) in [7, 11) is 5.48. The van der Waals surface area contributed by atoms with Crippen LogP contribution in [0.2, 0.25) is 0 Å². The highest BCUT2D eigenvalue weighted by atomic mass is 16.2. The average molecular weight is 471 g/mol. The van der Waals surface area contributed by atoms with Crippen LogP contribution in [0, 0.1) is 18.8 Å². The normalized spacial score (nSPS) is 13.0. The first kappa shape index (κ1) is 28.9. The second kappa shape index (κ2) is 16.4. The van der Waals surface area contributed by atoms with E-state index in [4.69, 9.17) is 0 Å². The molecule has 34 heavy (non-hydrogen) atoms. The highest BCUT2D eigenvalue weighted by Crippen LogP contribution is 2.21. The van der Waals surface area contributed by atoms with Crippen LogP contribution in [0.5, 0.6) is 0 Å². The van der Waals surface area contributed by atoms with Crippen molar-refractivity contribution in [1.82, 2.24) is 25.1 Å². The number of nitrogens with one attached hydrogen (secondary N) is 1. The van der Waals surface area contributed by atoms with Gasteiger partial charge in [-0.3, -0.25) is 9.59 Å². The van der Waals surface area contributed by atoms with Crippen molar-refractivity contribution in [3.63, 3.8) is 0 Å². The number of amides is 2. The number of likely N-dealkylation sites (N-methyl/N-ethyl adjacent to an activating group) is 2. The molecule has 0 bridgehead atoms. The molecule has 188 valence electrons. The summed E-state index contributed by atoms with van der Waals surface area (Å²) in [6.07, 6.45) is 10.1. The molecule has 2 amide bonds. The molecule has 0 radical (unpaired) electrons. The molecule has 1 fully saturated rings. The van der Waals surface area contributed by atoms with Crippen LogP contribution < -0.4 is 10.2 Å². The molecular formula is C26H42N6O2. The molecule has 0 saturated carbocycles. The SMILES string of the molecule is C=C.Cc1ncc(C#CCCCNC(=O)CN(C)C(=O)/C=C/CN(C)C)c(N2CCCCC2)n1.[HH]. The predicted molar refractivity (Wildman–Crippen MR) is 141 cm³/mol. The lowest BCUT2D eigenvalue weighted by Gasteiger charge is -2.28. The molecular weight excluding hydrogens is 428 g/mol.